The molecule has 0 amide bonds. The third-order valence-corrected chi connectivity index (χ3v) is 4.96. The van der Waals surface area contributed by atoms with Gasteiger partial charge in [0.15, 0.2) is 0 Å². The van der Waals surface area contributed by atoms with Gasteiger partial charge in [-0.3, -0.25) is 9.69 Å². The van der Waals surface area contributed by atoms with E-state index in [-0.39, 0.29) is 18.6 Å². The summed E-state index contributed by atoms with van der Waals surface area (Å²) in [6, 6.07) is 20.8. The molecule has 0 saturated heterocycles. The van der Waals surface area contributed by atoms with Gasteiger partial charge in [-0.05, 0) is 51.2 Å². The Hall–Kier alpha value is -2.17. The molecule has 158 valence electrons. The van der Waals surface area contributed by atoms with Crippen LogP contribution in [0.4, 0.5) is 0 Å². The molecule has 0 spiro atoms. The van der Waals surface area contributed by atoms with Crippen molar-refractivity contribution in [1.29, 1.82) is 0 Å². The molecule has 0 bridgehead atoms. The Balaban J connectivity index is 1.92. The van der Waals surface area contributed by atoms with Crippen LogP contribution >= 0.6 is 0 Å². The maximum absolute atomic E-state index is 11.9. The minimum absolute atomic E-state index is 0.0636. The second-order valence-corrected chi connectivity index (χ2v) is 8.59. The molecule has 0 heterocycles. The van der Waals surface area contributed by atoms with Gasteiger partial charge in [0, 0.05) is 19.1 Å². The zero-order chi connectivity index (χ0) is 21.1. The Morgan fingerprint density at radius 2 is 1.45 bits per heavy atom. The summed E-state index contributed by atoms with van der Waals surface area (Å²) in [6.45, 7) is 7.72. The van der Waals surface area contributed by atoms with Crippen LogP contribution in [0.1, 0.15) is 51.2 Å². The lowest BCUT2D eigenvalue weighted by molar-refractivity contribution is -0.153. The van der Waals surface area contributed by atoms with Gasteiger partial charge in [-0.2, -0.15) is 0 Å². The fraction of sp³-hybridized carbons (Fsp3) is 0.480. The molecule has 0 aliphatic heterocycles. The number of unbranched alkanes of at least 4 members (excludes halogenated alkanes) is 1. The Bertz CT molecular complexity index is 668. The van der Waals surface area contributed by atoms with Crippen LogP contribution in [0.2, 0.25) is 0 Å². The van der Waals surface area contributed by atoms with Crippen LogP contribution in [0.3, 0.4) is 0 Å². The maximum Gasteiger partial charge on any atom is 0.311 e. The van der Waals surface area contributed by atoms with Gasteiger partial charge in [-0.1, -0.05) is 60.7 Å². The van der Waals surface area contributed by atoms with Gasteiger partial charge in [0.2, 0.25) is 0 Å². The standard InChI is InChI=1S/C25H35NO3/c1-25(2,3)24(28)29-17-11-10-16-23(20-27)26(18-21-12-6-4-7-13-21)19-22-14-8-5-9-15-22/h4-9,12-15,23,27H,10-11,16-20H2,1-3H3/t23-/m1/s1. The van der Waals surface area contributed by atoms with Crippen molar-refractivity contribution in [2.75, 3.05) is 13.2 Å². The van der Waals surface area contributed by atoms with Crippen LogP contribution in [0, 0.1) is 5.41 Å². The highest BCUT2D eigenvalue weighted by molar-refractivity contribution is 5.75. The molecule has 0 aliphatic rings. The lowest BCUT2D eigenvalue weighted by Crippen LogP contribution is -2.37. The molecule has 1 atom stereocenters. The smallest absolute Gasteiger partial charge is 0.311 e. The lowest BCUT2D eigenvalue weighted by atomic mass is 9.97. The first-order chi connectivity index (χ1) is 13.9. The third-order valence-electron chi connectivity index (χ3n) is 4.96. The average molecular weight is 398 g/mol. The third kappa shape index (κ3) is 8.38. The molecule has 0 aromatic heterocycles. The molecule has 0 aliphatic carbocycles. The highest BCUT2D eigenvalue weighted by Gasteiger charge is 2.23. The van der Waals surface area contributed by atoms with Gasteiger partial charge in [-0.25, -0.2) is 0 Å². The summed E-state index contributed by atoms with van der Waals surface area (Å²) in [5.74, 6) is -0.161. The van der Waals surface area contributed by atoms with E-state index in [2.05, 4.69) is 29.2 Å². The minimum Gasteiger partial charge on any atom is -0.465 e. The molecule has 2 aromatic carbocycles. The molecule has 29 heavy (non-hydrogen) atoms. The largest absolute Gasteiger partial charge is 0.465 e. The summed E-state index contributed by atoms with van der Waals surface area (Å²) < 4.78 is 5.36. The first kappa shape index (κ1) is 23.1. The summed E-state index contributed by atoms with van der Waals surface area (Å²) in [5, 5.41) is 10.1. The van der Waals surface area contributed by atoms with E-state index in [1.165, 1.54) is 11.1 Å². The number of aliphatic hydroxyl groups is 1. The van der Waals surface area contributed by atoms with Gasteiger partial charge >= 0.3 is 5.97 Å². The fourth-order valence-electron chi connectivity index (χ4n) is 3.20. The van der Waals surface area contributed by atoms with Crippen LogP contribution < -0.4 is 0 Å². The second kappa shape index (κ2) is 11.7. The molecule has 0 saturated carbocycles. The predicted octanol–water partition coefficient (Wildman–Crippen LogP) is 4.81. The van der Waals surface area contributed by atoms with E-state index in [0.717, 1.165) is 32.4 Å². The molecule has 0 fully saturated rings. The molecule has 2 rings (SSSR count). The number of ether oxygens (including phenoxy) is 1. The number of esters is 1. The number of hydrogen-bond donors (Lipinski definition) is 1. The van der Waals surface area contributed by atoms with Gasteiger partial charge in [0.25, 0.3) is 0 Å². The van der Waals surface area contributed by atoms with Crippen molar-refractivity contribution >= 4 is 5.97 Å². The quantitative estimate of drug-likeness (QED) is 0.437. The number of benzene rings is 2. The molecule has 0 radical (unpaired) electrons. The van der Waals surface area contributed by atoms with E-state index < -0.39 is 5.41 Å². The van der Waals surface area contributed by atoms with Crippen LogP contribution in [0.25, 0.3) is 0 Å². The molecule has 0 unspecified atom stereocenters. The zero-order valence-corrected chi connectivity index (χ0v) is 18.0. The topological polar surface area (TPSA) is 49.8 Å². The van der Waals surface area contributed by atoms with E-state index in [0.29, 0.717) is 6.61 Å². The van der Waals surface area contributed by atoms with Crippen molar-refractivity contribution in [3.8, 4) is 0 Å². The van der Waals surface area contributed by atoms with E-state index in [4.69, 9.17) is 4.74 Å². The molecule has 4 heteroatoms. The van der Waals surface area contributed by atoms with Crippen molar-refractivity contribution in [2.45, 2.75) is 59.2 Å². The van der Waals surface area contributed by atoms with Gasteiger partial charge in [0.05, 0.1) is 18.6 Å². The summed E-state index contributed by atoms with van der Waals surface area (Å²) >= 11 is 0. The maximum atomic E-state index is 11.9. The van der Waals surface area contributed by atoms with Crippen molar-refractivity contribution in [3.63, 3.8) is 0 Å². The van der Waals surface area contributed by atoms with Crippen molar-refractivity contribution in [3.05, 3.63) is 71.8 Å². The summed E-state index contributed by atoms with van der Waals surface area (Å²) in [6.07, 6.45) is 2.58. The fourth-order valence-corrected chi connectivity index (χ4v) is 3.20. The first-order valence-corrected chi connectivity index (χ1v) is 10.5. The highest BCUT2D eigenvalue weighted by atomic mass is 16.5. The second-order valence-electron chi connectivity index (χ2n) is 8.59. The summed E-state index contributed by atoms with van der Waals surface area (Å²) in [7, 11) is 0. The van der Waals surface area contributed by atoms with E-state index >= 15 is 0 Å². The number of carbonyl (C=O) groups excluding carboxylic acids is 1. The Kier molecular flexibility index (Phi) is 9.36. The van der Waals surface area contributed by atoms with E-state index in [9.17, 15) is 9.90 Å². The van der Waals surface area contributed by atoms with Gasteiger partial charge < -0.3 is 9.84 Å². The number of nitrogens with zero attached hydrogens (tertiary/aromatic N) is 1. The first-order valence-electron chi connectivity index (χ1n) is 10.5. The number of hydrogen-bond acceptors (Lipinski definition) is 4. The summed E-state index contributed by atoms with van der Waals surface area (Å²) in [5.41, 5.74) is 2.01. The molecular formula is C25H35NO3. The highest BCUT2D eigenvalue weighted by Crippen LogP contribution is 2.18. The van der Waals surface area contributed by atoms with E-state index in [1.54, 1.807) is 0 Å². The number of aliphatic hydroxyl groups excluding tert-OH is 1. The van der Waals surface area contributed by atoms with Gasteiger partial charge in [-0.15, -0.1) is 0 Å². The van der Waals surface area contributed by atoms with Crippen LogP contribution in [-0.2, 0) is 22.6 Å². The number of carbonyl (C=O) groups is 1. The Morgan fingerprint density at radius 3 is 1.90 bits per heavy atom. The Morgan fingerprint density at radius 1 is 0.931 bits per heavy atom. The monoisotopic (exact) mass is 397 g/mol. The van der Waals surface area contributed by atoms with Crippen LogP contribution in [0.5, 0.6) is 0 Å². The van der Waals surface area contributed by atoms with Crippen LogP contribution in [-0.4, -0.2) is 35.2 Å². The molecule has 1 N–H and O–H groups in total. The molecular weight excluding hydrogens is 362 g/mol. The number of rotatable bonds is 11. The van der Waals surface area contributed by atoms with Crippen molar-refractivity contribution in [1.82, 2.24) is 4.90 Å². The summed E-state index contributed by atoms with van der Waals surface area (Å²) in [4.78, 5) is 14.2. The zero-order valence-electron chi connectivity index (χ0n) is 18.0. The van der Waals surface area contributed by atoms with Gasteiger partial charge in [0.1, 0.15) is 0 Å². The normalized spacial score (nSPS) is 12.7. The van der Waals surface area contributed by atoms with Crippen molar-refractivity contribution < 1.29 is 14.6 Å². The predicted molar refractivity (Wildman–Crippen MR) is 117 cm³/mol. The lowest BCUT2D eigenvalue weighted by Gasteiger charge is -2.31. The minimum atomic E-state index is -0.462. The van der Waals surface area contributed by atoms with E-state index in [1.807, 2.05) is 57.2 Å². The molecule has 4 nitrogen and oxygen atoms in total. The average Bonchev–Trinajstić information content (AvgIpc) is 2.71. The SMILES string of the molecule is CC(C)(C)C(=O)OCCCC[C@H](CO)N(Cc1ccccc1)Cc1ccccc1. The van der Waals surface area contributed by atoms with Crippen molar-refractivity contribution in [2.24, 2.45) is 5.41 Å². The molecule has 2 aromatic rings. The van der Waals surface area contributed by atoms with Crippen LogP contribution in [0.15, 0.2) is 60.7 Å². The Labute approximate surface area is 175 Å².